The fourth-order valence-electron chi connectivity index (χ4n) is 4.08. The van der Waals surface area contributed by atoms with Crippen LogP contribution in [0.4, 0.5) is 4.39 Å². The van der Waals surface area contributed by atoms with E-state index < -0.39 is 11.7 Å². The molecule has 0 aliphatic carbocycles. The molecular weight excluding hydrogens is 337 g/mol. The Morgan fingerprint density at radius 2 is 1.44 bits per heavy atom. The molecule has 1 aliphatic heterocycles. The summed E-state index contributed by atoms with van der Waals surface area (Å²) in [7, 11) is 0. The Hall–Kier alpha value is -2.59. The second-order valence-electron chi connectivity index (χ2n) is 7.25. The highest BCUT2D eigenvalue weighted by atomic mass is 19.1. The van der Waals surface area contributed by atoms with Gasteiger partial charge in [-0.05, 0) is 50.6 Å². The van der Waals surface area contributed by atoms with E-state index in [0.717, 1.165) is 31.5 Å². The maximum Gasteiger partial charge on any atom is 0.183 e. The van der Waals surface area contributed by atoms with Crippen molar-refractivity contribution in [2.24, 2.45) is 0 Å². The van der Waals surface area contributed by atoms with E-state index in [1.165, 1.54) is 5.56 Å². The third-order valence-electron chi connectivity index (χ3n) is 5.44. The third kappa shape index (κ3) is 3.37. The van der Waals surface area contributed by atoms with Crippen LogP contribution in [-0.2, 0) is 5.67 Å². The Balaban J connectivity index is 1.92. The van der Waals surface area contributed by atoms with E-state index in [-0.39, 0.29) is 0 Å². The summed E-state index contributed by atoms with van der Waals surface area (Å²) in [6.45, 7) is 3.84. The fraction of sp³-hybridized carbons (Fsp3) is 0.304. The number of likely N-dealkylation sites (tertiary alicyclic amines) is 1. The van der Waals surface area contributed by atoms with Crippen molar-refractivity contribution < 1.29 is 4.39 Å². The Kier molecular flexibility index (Phi) is 4.99. The molecule has 1 saturated heterocycles. The summed E-state index contributed by atoms with van der Waals surface area (Å²) in [4.78, 5) is 10.7. The quantitative estimate of drug-likeness (QED) is 0.651. The molecule has 27 heavy (non-hydrogen) atoms. The molecular formula is C23H24FN3. The van der Waals surface area contributed by atoms with Gasteiger partial charge in [-0.25, -0.2) is 4.39 Å². The summed E-state index contributed by atoms with van der Waals surface area (Å²) in [6, 6.07) is 15.1. The summed E-state index contributed by atoms with van der Waals surface area (Å²) in [5.74, 6) is 0. The highest BCUT2D eigenvalue weighted by molar-refractivity contribution is 5.40. The van der Waals surface area contributed by atoms with Crippen LogP contribution in [0.25, 0.3) is 0 Å². The molecule has 0 N–H and O–H groups in total. The van der Waals surface area contributed by atoms with Crippen LogP contribution < -0.4 is 0 Å². The van der Waals surface area contributed by atoms with Gasteiger partial charge in [0.05, 0.1) is 6.04 Å². The van der Waals surface area contributed by atoms with Crippen molar-refractivity contribution in [3.63, 3.8) is 0 Å². The van der Waals surface area contributed by atoms with E-state index in [0.29, 0.717) is 11.1 Å². The molecule has 0 saturated carbocycles. The lowest BCUT2D eigenvalue weighted by Crippen LogP contribution is -2.41. The normalized spacial score (nSPS) is 16.4. The average Bonchev–Trinajstić information content (AvgIpc) is 3.25. The van der Waals surface area contributed by atoms with Crippen molar-refractivity contribution in [1.82, 2.24) is 14.9 Å². The van der Waals surface area contributed by atoms with Crippen molar-refractivity contribution >= 4 is 0 Å². The largest absolute Gasteiger partial charge is 0.293 e. The van der Waals surface area contributed by atoms with Crippen molar-refractivity contribution in [2.75, 3.05) is 13.1 Å². The number of rotatable bonds is 5. The molecule has 0 radical (unpaired) electrons. The zero-order chi connectivity index (χ0) is 18.7. The zero-order valence-electron chi connectivity index (χ0n) is 15.6. The van der Waals surface area contributed by atoms with Crippen molar-refractivity contribution in [2.45, 2.75) is 31.5 Å². The number of alkyl halides is 1. The van der Waals surface area contributed by atoms with Crippen molar-refractivity contribution in [3.8, 4) is 0 Å². The molecule has 0 amide bonds. The van der Waals surface area contributed by atoms with Crippen LogP contribution >= 0.6 is 0 Å². The lowest BCUT2D eigenvalue weighted by molar-refractivity contribution is 0.0644. The summed E-state index contributed by atoms with van der Waals surface area (Å²) in [6.07, 6.45) is 8.85. The van der Waals surface area contributed by atoms with Crippen LogP contribution in [0.15, 0.2) is 73.3 Å². The Morgan fingerprint density at radius 3 is 1.93 bits per heavy atom. The number of halogens is 1. The zero-order valence-corrected chi connectivity index (χ0v) is 15.6. The molecule has 138 valence electrons. The predicted molar refractivity (Wildman–Crippen MR) is 105 cm³/mol. The standard InChI is InChI=1S/C23H24FN3/c1-18-8-10-19(11-9-18)22(27-14-2-3-15-27)23(24,20-6-4-12-25-16-20)21-7-5-13-26-17-21/h4-13,16-17,22H,2-3,14-15H2,1H3. The molecule has 3 aromatic rings. The first-order chi connectivity index (χ1) is 13.2. The van der Waals surface area contributed by atoms with Crippen LogP contribution in [-0.4, -0.2) is 28.0 Å². The molecule has 1 aliphatic rings. The smallest absolute Gasteiger partial charge is 0.183 e. The maximum absolute atomic E-state index is 17.2. The highest BCUT2D eigenvalue weighted by Gasteiger charge is 2.47. The molecule has 4 rings (SSSR count). The summed E-state index contributed by atoms with van der Waals surface area (Å²) < 4.78 is 17.2. The van der Waals surface area contributed by atoms with E-state index in [9.17, 15) is 0 Å². The minimum absolute atomic E-state index is 0.422. The number of pyridine rings is 2. The minimum Gasteiger partial charge on any atom is -0.293 e. The van der Waals surface area contributed by atoms with E-state index in [2.05, 4.69) is 46.1 Å². The van der Waals surface area contributed by atoms with Gasteiger partial charge in [-0.15, -0.1) is 0 Å². The van der Waals surface area contributed by atoms with Gasteiger partial charge in [0, 0.05) is 35.9 Å². The first-order valence-electron chi connectivity index (χ1n) is 9.50. The van der Waals surface area contributed by atoms with Gasteiger partial charge in [0.1, 0.15) is 0 Å². The average molecular weight is 361 g/mol. The van der Waals surface area contributed by atoms with Gasteiger partial charge < -0.3 is 0 Å². The van der Waals surface area contributed by atoms with Crippen LogP contribution in [0, 0.1) is 6.92 Å². The van der Waals surface area contributed by atoms with E-state index in [4.69, 9.17) is 0 Å². The Labute approximate surface area is 159 Å². The van der Waals surface area contributed by atoms with Crippen LogP contribution in [0.5, 0.6) is 0 Å². The van der Waals surface area contributed by atoms with Crippen molar-refractivity contribution in [1.29, 1.82) is 0 Å². The van der Waals surface area contributed by atoms with E-state index >= 15 is 4.39 Å². The molecule has 0 bridgehead atoms. The number of benzene rings is 1. The topological polar surface area (TPSA) is 29.0 Å². The maximum atomic E-state index is 17.2. The molecule has 2 aromatic heterocycles. The summed E-state index contributed by atoms with van der Waals surface area (Å²) in [5, 5.41) is 0. The first-order valence-corrected chi connectivity index (χ1v) is 9.50. The summed E-state index contributed by atoms with van der Waals surface area (Å²) in [5.41, 5.74) is 1.55. The van der Waals surface area contributed by atoms with E-state index in [1.807, 2.05) is 12.1 Å². The number of aromatic nitrogens is 2. The second kappa shape index (κ2) is 7.57. The number of nitrogens with zero attached hydrogens (tertiary/aromatic N) is 3. The van der Waals surface area contributed by atoms with Crippen LogP contribution in [0.1, 0.15) is 41.1 Å². The molecule has 1 aromatic carbocycles. The Bertz CT molecular complexity index is 820. The number of aryl methyl sites for hydroxylation is 1. The van der Waals surface area contributed by atoms with E-state index in [1.54, 1.807) is 36.9 Å². The third-order valence-corrected chi connectivity index (χ3v) is 5.44. The lowest BCUT2D eigenvalue weighted by Gasteiger charge is -2.40. The van der Waals surface area contributed by atoms with Gasteiger partial charge in [-0.2, -0.15) is 0 Å². The van der Waals surface area contributed by atoms with Gasteiger partial charge in [0.25, 0.3) is 0 Å². The van der Waals surface area contributed by atoms with Crippen LogP contribution in [0.3, 0.4) is 0 Å². The summed E-state index contributed by atoms with van der Waals surface area (Å²) >= 11 is 0. The fourth-order valence-corrected chi connectivity index (χ4v) is 4.08. The molecule has 1 unspecified atom stereocenters. The highest BCUT2D eigenvalue weighted by Crippen LogP contribution is 2.48. The molecule has 4 heteroatoms. The predicted octanol–water partition coefficient (Wildman–Crippen LogP) is 4.84. The molecule has 0 spiro atoms. The van der Waals surface area contributed by atoms with Gasteiger partial charge in [0.15, 0.2) is 5.67 Å². The SMILES string of the molecule is Cc1ccc(C(N2CCCC2)C(F)(c2cccnc2)c2cccnc2)cc1. The Morgan fingerprint density at radius 1 is 0.889 bits per heavy atom. The van der Waals surface area contributed by atoms with Gasteiger partial charge in [-0.3, -0.25) is 14.9 Å². The monoisotopic (exact) mass is 361 g/mol. The second-order valence-corrected chi connectivity index (χ2v) is 7.25. The van der Waals surface area contributed by atoms with Crippen molar-refractivity contribution in [3.05, 3.63) is 95.6 Å². The molecule has 3 heterocycles. The van der Waals surface area contributed by atoms with Gasteiger partial charge in [-0.1, -0.05) is 42.0 Å². The first kappa shape index (κ1) is 17.8. The molecule has 3 nitrogen and oxygen atoms in total. The van der Waals surface area contributed by atoms with Gasteiger partial charge in [0.2, 0.25) is 0 Å². The number of hydrogen-bond acceptors (Lipinski definition) is 3. The minimum atomic E-state index is -1.73. The molecule has 1 fully saturated rings. The van der Waals surface area contributed by atoms with Crippen LogP contribution in [0.2, 0.25) is 0 Å². The van der Waals surface area contributed by atoms with Gasteiger partial charge >= 0.3 is 0 Å². The number of hydrogen-bond donors (Lipinski definition) is 0. The molecule has 1 atom stereocenters. The lowest BCUT2D eigenvalue weighted by atomic mass is 9.79.